The minimum Gasteiger partial charge on any atom is -0.462 e. The van der Waals surface area contributed by atoms with Crippen molar-refractivity contribution < 1.29 is 9.53 Å². The first-order valence-electron chi connectivity index (χ1n) is 3.92. The van der Waals surface area contributed by atoms with Crippen LogP contribution in [0.5, 0.6) is 0 Å². The molecule has 0 spiro atoms. The Morgan fingerprint density at radius 3 is 2.92 bits per heavy atom. The zero-order valence-electron chi connectivity index (χ0n) is 7.60. The molecule has 6 heteroatoms. The molecular weight excluding hydrogens is 172 g/mol. The number of carbonyl (C=O) groups excluding carboxylic acids is 1. The van der Waals surface area contributed by atoms with Crippen LogP contribution in [-0.4, -0.2) is 26.8 Å². The maximum absolute atomic E-state index is 11.1. The average Bonchev–Trinajstić information content (AvgIpc) is 2.33. The fourth-order valence-corrected chi connectivity index (χ4v) is 0.818. The topological polar surface area (TPSA) is 83.0 Å². The predicted molar refractivity (Wildman–Crippen MR) is 45.7 cm³/mol. The van der Waals surface area contributed by atoms with Gasteiger partial charge in [-0.3, -0.25) is 4.79 Å². The number of ether oxygens (including phenoxy) is 1. The Labute approximate surface area is 75.7 Å². The molecule has 0 fully saturated rings. The van der Waals surface area contributed by atoms with E-state index in [4.69, 9.17) is 10.5 Å². The Kier molecular flexibility index (Phi) is 2.84. The molecule has 2 N–H and O–H groups in total. The van der Waals surface area contributed by atoms with E-state index in [1.807, 2.05) is 0 Å². The quantitative estimate of drug-likeness (QED) is 0.658. The summed E-state index contributed by atoms with van der Waals surface area (Å²) in [6.07, 6.45) is 1.27. The lowest BCUT2D eigenvalue weighted by Crippen LogP contribution is -2.17. The first kappa shape index (κ1) is 9.50. The molecule has 0 bridgehead atoms. The summed E-state index contributed by atoms with van der Waals surface area (Å²) in [5.74, 6) is -0.197. The Balaban J connectivity index is 2.45. The van der Waals surface area contributed by atoms with Gasteiger partial charge in [0, 0.05) is 0 Å². The summed E-state index contributed by atoms with van der Waals surface area (Å²) in [5.41, 5.74) is 5.26. The highest BCUT2D eigenvalue weighted by Crippen LogP contribution is 1.94. The Morgan fingerprint density at radius 2 is 2.46 bits per heavy atom. The van der Waals surface area contributed by atoms with Gasteiger partial charge in [0.25, 0.3) is 0 Å². The zero-order chi connectivity index (χ0) is 9.84. The van der Waals surface area contributed by atoms with Crippen LogP contribution < -0.4 is 5.73 Å². The van der Waals surface area contributed by atoms with Crippen LogP contribution in [0.1, 0.15) is 13.8 Å². The minimum atomic E-state index is -0.347. The third-order valence-electron chi connectivity index (χ3n) is 1.21. The summed E-state index contributed by atoms with van der Waals surface area (Å²) in [6.45, 7) is 3.61. The zero-order valence-corrected chi connectivity index (χ0v) is 7.60. The van der Waals surface area contributed by atoms with Gasteiger partial charge >= 0.3 is 5.97 Å². The number of anilines is 1. The van der Waals surface area contributed by atoms with Crippen LogP contribution in [0, 0.1) is 0 Å². The van der Waals surface area contributed by atoms with Crippen LogP contribution in [0.4, 0.5) is 5.95 Å². The largest absolute Gasteiger partial charge is 0.462 e. The van der Waals surface area contributed by atoms with E-state index in [1.54, 1.807) is 13.8 Å². The number of carbonyl (C=O) groups is 1. The molecule has 1 heterocycles. The molecule has 0 saturated heterocycles. The number of hydrogen-bond donors (Lipinski definition) is 1. The van der Waals surface area contributed by atoms with Crippen molar-refractivity contribution in [1.82, 2.24) is 14.8 Å². The number of aromatic nitrogens is 3. The van der Waals surface area contributed by atoms with E-state index in [-0.39, 0.29) is 24.6 Å². The second-order valence-corrected chi connectivity index (χ2v) is 2.84. The molecule has 0 atom stereocenters. The molecule has 0 unspecified atom stereocenters. The molecule has 0 saturated carbocycles. The number of nitrogen functional groups attached to an aromatic ring is 1. The fraction of sp³-hybridized carbons (Fsp3) is 0.571. The van der Waals surface area contributed by atoms with Crippen LogP contribution >= 0.6 is 0 Å². The van der Waals surface area contributed by atoms with Gasteiger partial charge in [0.1, 0.15) is 12.9 Å². The summed E-state index contributed by atoms with van der Waals surface area (Å²) in [7, 11) is 0. The summed E-state index contributed by atoms with van der Waals surface area (Å²) < 4.78 is 6.23. The molecule has 0 aliphatic carbocycles. The maximum Gasteiger partial charge on any atom is 0.328 e. The smallest absolute Gasteiger partial charge is 0.328 e. The summed E-state index contributed by atoms with van der Waals surface area (Å²) >= 11 is 0. The van der Waals surface area contributed by atoms with Gasteiger partial charge in [-0.1, -0.05) is 0 Å². The van der Waals surface area contributed by atoms with Crippen molar-refractivity contribution in [3.8, 4) is 0 Å². The van der Waals surface area contributed by atoms with Crippen molar-refractivity contribution in [3.63, 3.8) is 0 Å². The van der Waals surface area contributed by atoms with Gasteiger partial charge in [-0.05, 0) is 13.8 Å². The second-order valence-electron chi connectivity index (χ2n) is 2.84. The van der Waals surface area contributed by atoms with Crippen LogP contribution in [0.25, 0.3) is 0 Å². The normalized spacial score (nSPS) is 10.4. The van der Waals surface area contributed by atoms with E-state index < -0.39 is 0 Å². The van der Waals surface area contributed by atoms with Gasteiger partial charge in [-0.25, -0.2) is 9.67 Å². The van der Waals surface area contributed by atoms with Crippen molar-refractivity contribution >= 4 is 11.9 Å². The van der Waals surface area contributed by atoms with Crippen molar-refractivity contribution in [2.45, 2.75) is 26.5 Å². The molecule has 1 aromatic heterocycles. The summed E-state index contributed by atoms with van der Waals surface area (Å²) in [5, 5.41) is 3.74. The molecule has 0 aromatic carbocycles. The summed E-state index contributed by atoms with van der Waals surface area (Å²) in [6, 6.07) is 0. The van der Waals surface area contributed by atoms with Gasteiger partial charge in [-0.2, -0.15) is 0 Å². The van der Waals surface area contributed by atoms with E-state index in [2.05, 4.69) is 10.1 Å². The lowest BCUT2D eigenvalue weighted by Gasteiger charge is -2.06. The number of esters is 1. The van der Waals surface area contributed by atoms with Crippen LogP contribution in [0.3, 0.4) is 0 Å². The second kappa shape index (κ2) is 3.88. The van der Waals surface area contributed by atoms with E-state index in [0.29, 0.717) is 0 Å². The standard InChI is InChI=1S/C7H12N4O2/c1-5(2)13-6(12)3-11-4-9-7(8)10-11/h4-5H,3H2,1-2H3,(H2,8,10). The molecule has 0 radical (unpaired) electrons. The first-order chi connectivity index (χ1) is 6.08. The highest BCUT2D eigenvalue weighted by molar-refractivity contribution is 5.69. The number of rotatable bonds is 3. The monoisotopic (exact) mass is 184 g/mol. The molecule has 1 aromatic rings. The van der Waals surface area contributed by atoms with Crippen molar-refractivity contribution in [1.29, 1.82) is 0 Å². The van der Waals surface area contributed by atoms with E-state index in [0.717, 1.165) is 0 Å². The fourth-order valence-electron chi connectivity index (χ4n) is 0.818. The minimum absolute atomic E-state index is 0.0440. The Bertz CT molecular complexity index is 294. The highest BCUT2D eigenvalue weighted by Gasteiger charge is 2.07. The van der Waals surface area contributed by atoms with E-state index in [1.165, 1.54) is 11.0 Å². The van der Waals surface area contributed by atoms with E-state index in [9.17, 15) is 4.79 Å². The Morgan fingerprint density at radius 1 is 1.77 bits per heavy atom. The molecule has 72 valence electrons. The van der Waals surface area contributed by atoms with Gasteiger partial charge in [0.05, 0.1) is 6.10 Å². The lowest BCUT2D eigenvalue weighted by molar-refractivity contribution is -0.148. The van der Waals surface area contributed by atoms with Crippen LogP contribution in [0.15, 0.2) is 6.33 Å². The number of nitrogens with zero attached hydrogens (tertiary/aromatic N) is 3. The van der Waals surface area contributed by atoms with Gasteiger partial charge < -0.3 is 10.5 Å². The van der Waals surface area contributed by atoms with Gasteiger partial charge in [0.2, 0.25) is 5.95 Å². The highest BCUT2D eigenvalue weighted by atomic mass is 16.5. The third-order valence-corrected chi connectivity index (χ3v) is 1.21. The first-order valence-corrected chi connectivity index (χ1v) is 3.92. The third kappa shape index (κ3) is 3.10. The predicted octanol–water partition coefficient (Wildman–Crippen LogP) is -0.188. The van der Waals surface area contributed by atoms with Crippen molar-refractivity contribution in [2.24, 2.45) is 0 Å². The molecule has 13 heavy (non-hydrogen) atoms. The van der Waals surface area contributed by atoms with Gasteiger partial charge in [-0.15, -0.1) is 5.10 Å². The molecule has 0 amide bonds. The maximum atomic E-state index is 11.1. The van der Waals surface area contributed by atoms with Crippen molar-refractivity contribution in [2.75, 3.05) is 5.73 Å². The van der Waals surface area contributed by atoms with E-state index >= 15 is 0 Å². The molecule has 6 nitrogen and oxygen atoms in total. The summed E-state index contributed by atoms with van der Waals surface area (Å²) in [4.78, 5) is 14.8. The molecule has 0 aliphatic rings. The Hall–Kier alpha value is -1.59. The van der Waals surface area contributed by atoms with Gasteiger partial charge in [0.15, 0.2) is 0 Å². The average molecular weight is 184 g/mol. The number of hydrogen-bond acceptors (Lipinski definition) is 5. The SMILES string of the molecule is CC(C)OC(=O)Cn1cnc(N)n1. The molecule has 0 aliphatic heterocycles. The lowest BCUT2D eigenvalue weighted by atomic mass is 10.5. The molecule has 1 rings (SSSR count). The van der Waals surface area contributed by atoms with Crippen molar-refractivity contribution in [3.05, 3.63) is 6.33 Å². The molecular formula is C7H12N4O2. The van der Waals surface area contributed by atoms with Crippen LogP contribution in [-0.2, 0) is 16.1 Å². The van der Waals surface area contributed by atoms with Crippen LogP contribution in [0.2, 0.25) is 0 Å². The number of nitrogens with two attached hydrogens (primary N) is 1.